The molecule has 1 N–H and O–H groups in total. The van der Waals surface area contributed by atoms with Crippen molar-refractivity contribution in [3.05, 3.63) is 105 Å². The van der Waals surface area contributed by atoms with Crippen LogP contribution in [0.15, 0.2) is 82.8 Å². The number of hydrogen-bond acceptors (Lipinski definition) is 6. The van der Waals surface area contributed by atoms with Gasteiger partial charge in [-0.1, -0.05) is 53.6 Å². The third kappa shape index (κ3) is 6.47. The number of aryl methyl sites for hydroxylation is 1. The van der Waals surface area contributed by atoms with Crippen molar-refractivity contribution in [2.24, 2.45) is 5.10 Å². The Kier molecular flexibility index (Phi) is 8.11. The van der Waals surface area contributed by atoms with Gasteiger partial charge < -0.3 is 0 Å². The highest BCUT2D eigenvalue weighted by Crippen LogP contribution is 2.20. The molecule has 3 aromatic carbocycles. The minimum atomic E-state index is -4.02. The third-order valence-electron chi connectivity index (χ3n) is 4.78. The zero-order valence-electron chi connectivity index (χ0n) is 18.1. The van der Waals surface area contributed by atoms with E-state index in [9.17, 15) is 23.3 Å². The first-order valence-corrected chi connectivity index (χ1v) is 11.9. The summed E-state index contributed by atoms with van der Waals surface area (Å²) in [7, 11) is -4.02. The largest absolute Gasteiger partial charge is 0.278 e. The maximum absolute atomic E-state index is 13.3. The number of nitrogens with one attached hydrogen (secondary N) is 1. The van der Waals surface area contributed by atoms with Crippen LogP contribution in [0.25, 0.3) is 0 Å². The number of nitro benzene ring substituents is 1. The summed E-state index contributed by atoms with van der Waals surface area (Å²) in [6, 6.07) is 18.8. The molecule has 0 spiro atoms. The molecule has 0 bridgehead atoms. The second-order valence-electron chi connectivity index (χ2n) is 7.32. The zero-order valence-corrected chi connectivity index (χ0v) is 19.7. The Morgan fingerprint density at radius 2 is 1.74 bits per heavy atom. The lowest BCUT2D eigenvalue weighted by molar-refractivity contribution is -0.385. The lowest BCUT2D eigenvalue weighted by atomic mass is 10.2. The van der Waals surface area contributed by atoms with Crippen LogP contribution in [0.5, 0.6) is 0 Å². The van der Waals surface area contributed by atoms with E-state index in [1.807, 2.05) is 6.92 Å². The van der Waals surface area contributed by atoms with Gasteiger partial charge in [-0.15, -0.1) is 0 Å². The highest BCUT2D eigenvalue weighted by atomic mass is 35.5. The average Bonchev–Trinajstić information content (AvgIpc) is 2.80. The van der Waals surface area contributed by atoms with E-state index in [2.05, 4.69) is 10.5 Å². The molecular weight excluding hydrogens is 480 g/mol. The van der Waals surface area contributed by atoms with Crippen LogP contribution in [0.3, 0.4) is 0 Å². The molecule has 3 rings (SSSR count). The topological polar surface area (TPSA) is 122 Å². The van der Waals surface area contributed by atoms with Gasteiger partial charge in [-0.3, -0.25) is 14.9 Å². The zero-order chi connectivity index (χ0) is 24.7. The molecule has 0 aliphatic carbocycles. The fourth-order valence-electron chi connectivity index (χ4n) is 3.01. The van der Waals surface area contributed by atoms with E-state index in [1.165, 1.54) is 30.3 Å². The summed E-state index contributed by atoms with van der Waals surface area (Å²) in [6.07, 6.45) is 1.13. The molecule has 0 aliphatic rings. The number of amides is 1. The van der Waals surface area contributed by atoms with Crippen LogP contribution in [0.2, 0.25) is 5.02 Å². The smallest absolute Gasteiger partial charge is 0.272 e. The van der Waals surface area contributed by atoms with E-state index in [0.717, 1.165) is 16.1 Å². The van der Waals surface area contributed by atoms with Crippen molar-refractivity contribution in [3.8, 4) is 0 Å². The maximum atomic E-state index is 13.3. The van der Waals surface area contributed by atoms with Crippen molar-refractivity contribution in [1.82, 2.24) is 9.73 Å². The normalized spacial score (nSPS) is 11.6. The number of carbonyl (C=O) groups is 1. The van der Waals surface area contributed by atoms with Crippen molar-refractivity contribution in [2.45, 2.75) is 18.4 Å². The second kappa shape index (κ2) is 11.0. The summed E-state index contributed by atoms with van der Waals surface area (Å²) in [5, 5.41) is 15.4. The van der Waals surface area contributed by atoms with Crippen molar-refractivity contribution in [1.29, 1.82) is 0 Å². The Morgan fingerprint density at radius 3 is 2.38 bits per heavy atom. The van der Waals surface area contributed by atoms with Gasteiger partial charge in [0, 0.05) is 17.6 Å². The number of rotatable bonds is 9. The van der Waals surface area contributed by atoms with Crippen LogP contribution in [0.1, 0.15) is 16.7 Å². The van der Waals surface area contributed by atoms with Gasteiger partial charge in [0.05, 0.1) is 28.1 Å². The van der Waals surface area contributed by atoms with Gasteiger partial charge in [0.15, 0.2) is 0 Å². The Labute approximate surface area is 201 Å². The standard InChI is InChI=1S/C23H21ClN4O5S/c1-17-6-12-21(13-7-17)34(32,33)27(15-18-8-10-20(24)11-9-18)16-23(29)26-25-14-19-4-2-3-5-22(19)28(30)31/h2-14H,15-16H2,1H3,(H,26,29)/b25-14-. The quantitative estimate of drug-likeness (QED) is 0.271. The molecule has 0 radical (unpaired) electrons. The van der Waals surface area contributed by atoms with Crippen LogP contribution >= 0.6 is 11.6 Å². The molecule has 0 saturated carbocycles. The van der Waals surface area contributed by atoms with E-state index in [-0.39, 0.29) is 22.7 Å². The molecule has 0 saturated heterocycles. The second-order valence-corrected chi connectivity index (χ2v) is 9.70. The summed E-state index contributed by atoms with van der Waals surface area (Å²) in [6.45, 7) is 1.24. The molecular formula is C23H21ClN4O5S. The van der Waals surface area contributed by atoms with E-state index in [4.69, 9.17) is 11.6 Å². The highest BCUT2D eigenvalue weighted by molar-refractivity contribution is 7.89. The molecule has 3 aromatic rings. The van der Waals surface area contributed by atoms with E-state index in [0.29, 0.717) is 10.6 Å². The number of halogens is 1. The number of carbonyl (C=O) groups excluding carboxylic acids is 1. The summed E-state index contributed by atoms with van der Waals surface area (Å²) in [5.41, 5.74) is 3.78. The van der Waals surface area contributed by atoms with Crippen molar-refractivity contribution < 1.29 is 18.1 Å². The molecule has 0 fully saturated rings. The van der Waals surface area contributed by atoms with Gasteiger partial charge in [0.1, 0.15) is 0 Å². The monoisotopic (exact) mass is 500 g/mol. The first-order valence-electron chi connectivity index (χ1n) is 10.0. The number of para-hydroxylation sites is 1. The molecule has 0 aromatic heterocycles. The minimum Gasteiger partial charge on any atom is -0.272 e. The van der Waals surface area contributed by atoms with Crippen LogP contribution in [-0.2, 0) is 21.4 Å². The molecule has 0 heterocycles. The number of benzene rings is 3. The van der Waals surface area contributed by atoms with E-state index >= 15 is 0 Å². The summed E-state index contributed by atoms with van der Waals surface area (Å²) in [4.78, 5) is 23.1. The predicted molar refractivity (Wildman–Crippen MR) is 129 cm³/mol. The molecule has 176 valence electrons. The fourth-order valence-corrected chi connectivity index (χ4v) is 4.52. The molecule has 0 atom stereocenters. The number of hydrogen-bond donors (Lipinski definition) is 1. The van der Waals surface area contributed by atoms with Gasteiger partial charge in [0.25, 0.3) is 11.6 Å². The van der Waals surface area contributed by atoms with Crippen LogP contribution < -0.4 is 5.43 Å². The first kappa shape index (κ1) is 25.0. The highest BCUT2D eigenvalue weighted by Gasteiger charge is 2.27. The first-order chi connectivity index (χ1) is 16.2. The molecule has 0 aliphatic heterocycles. The van der Waals surface area contributed by atoms with Crippen LogP contribution in [0, 0.1) is 17.0 Å². The molecule has 0 unspecified atom stereocenters. The molecule has 34 heavy (non-hydrogen) atoms. The van der Waals surface area contributed by atoms with Crippen molar-refractivity contribution in [2.75, 3.05) is 6.54 Å². The lowest BCUT2D eigenvalue weighted by Gasteiger charge is -2.21. The number of hydrazone groups is 1. The third-order valence-corrected chi connectivity index (χ3v) is 6.84. The molecule has 1 amide bonds. The summed E-state index contributed by atoms with van der Waals surface area (Å²) in [5.74, 6) is -0.709. The average molecular weight is 501 g/mol. The van der Waals surface area contributed by atoms with E-state index in [1.54, 1.807) is 42.5 Å². The maximum Gasteiger partial charge on any atom is 0.278 e. The van der Waals surface area contributed by atoms with Gasteiger partial charge in [0.2, 0.25) is 10.0 Å². The minimum absolute atomic E-state index is 0.0447. The number of nitrogens with zero attached hydrogens (tertiary/aromatic N) is 3. The summed E-state index contributed by atoms with van der Waals surface area (Å²) < 4.78 is 27.6. The molecule has 11 heteroatoms. The van der Waals surface area contributed by atoms with Crippen LogP contribution in [-0.4, -0.2) is 36.3 Å². The van der Waals surface area contributed by atoms with E-state index < -0.39 is 27.4 Å². The Hall–Kier alpha value is -3.60. The van der Waals surface area contributed by atoms with Crippen LogP contribution in [0.4, 0.5) is 5.69 Å². The molecule has 9 nitrogen and oxygen atoms in total. The Balaban J connectivity index is 1.80. The van der Waals surface area contributed by atoms with Gasteiger partial charge in [-0.2, -0.15) is 9.41 Å². The lowest BCUT2D eigenvalue weighted by Crippen LogP contribution is -2.39. The van der Waals surface area contributed by atoms with Crippen molar-refractivity contribution >= 4 is 39.4 Å². The van der Waals surface area contributed by atoms with Gasteiger partial charge in [-0.25, -0.2) is 13.8 Å². The summed E-state index contributed by atoms with van der Waals surface area (Å²) >= 11 is 5.92. The fraction of sp³-hybridized carbons (Fsp3) is 0.130. The predicted octanol–water partition coefficient (Wildman–Crippen LogP) is 3.90. The number of nitro groups is 1. The van der Waals surface area contributed by atoms with Gasteiger partial charge >= 0.3 is 0 Å². The van der Waals surface area contributed by atoms with Crippen molar-refractivity contribution in [3.63, 3.8) is 0 Å². The SMILES string of the molecule is Cc1ccc(S(=O)(=O)N(CC(=O)N/N=C\c2ccccc2[N+](=O)[O-])Cc2ccc(Cl)cc2)cc1. The Bertz CT molecular complexity index is 1310. The van der Waals surface area contributed by atoms with Gasteiger partial charge in [-0.05, 0) is 42.8 Å². The number of sulfonamides is 1. The Morgan fingerprint density at radius 1 is 1.09 bits per heavy atom.